The summed E-state index contributed by atoms with van der Waals surface area (Å²) < 4.78 is 0. The summed E-state index contributed by atoms with van der Waals surface area (Å²) in [5, 5.41) is 3.37. The molecule has 3 aliphatic rings. The van der Waals surface area contributed by atoms with Gasteiger partial charge in [0.05, 0.1) is 6.54 Å². The van der Waals surface area contributed by atoms with Crippen molar-refractivity contribution >= 4 is 11.3 Å². The van der Waals surface area contributed by atoms with E-state index in [9.17, 15) is 0 Å². The smallest absolute Gasteiger partial charge is 0.107 e. The van der Waals surface area contributed by atoms with Crippen LogP contribution >= 0.6 is 11.3 Å². The first-order valence-corrected chi connectivity index (χ1v) is 9.08. The molecule has 0 aromatic carbocycles. The second-order valence-electron chi connectivity index (χ2n) is 6.92. The van der Waals surface area contributed by atoms with Crippen LogP contribution in [0.1, 0.15) is 43.5 Å². The molecule has 1 saturated carbocycles. The Bertz CT molecular complexity index is 433. The van der Waals surface area contributed by atoms with Crippen molar-refractivity contribution in [1.29, 1.82) is 0 Å². The molecule has 0 radical (unpaired) electrons. The van der Waals surface area contributed by atoms with E-state index in [1.54, 1.807) is 11.3 Å². The summed E-state index contributed by atoms with van der Waals surface area (Å²) in [5.74, 6) is 1.04. The largest absolute Gasteiger partial charge is 0.297 e. The minimum absolute atomic E-state index is 0.571. The molecule has 2 aliphatic heterocycles. The second-order valence-corrected chi connectivity index (χ2v) is 7.90. The Hall–Kier alpha value is -0.450. The van der Waals surface area contributed by atoms with Crippen LogP contribution in [0.15, 0.2) is 11.6 Å². The number of aromatic nitrogens is 1. The van der Waals surface area contributed by atoms with Crippen LogP contribution in [0, 0.1) is 5.92 Å². The molecule has 0 bridgehead atoms. The molecule has 4 heteroatoms. The number of hydrogen-bond donors (Lipinski definition) is 0. The van der Waals surface area contributed by atoms with Crippen LogP contribution in [0.5, 0.6) is 0 Å². The highest BCUT2D eigenvalue weighted by molar-refractivity contribution is 7.09. The Balaban J connectivity index is 1.35. The Kier molecular flexibility index (Phi) is 3.57. The third-order valence-electron chi connectivity index (χ3n) is 5.55. The van der Waals surface area contributed by atoms with E-state index in [1.165, 1.54) is 69.7 Å². The molecule has 1 spiro atoms. The molecule has 0 N–H and O–H groups in total. The lowest BCUT2D eigenvalue weighted by atomic mass is 9.85. The summed E-state index contributed by atoms with van der Waals surface area (Å²) in [6.07, 6.45) is 10.5. The van der Waals surface area contributed by atoms with Gasteiger partial charge in [-0.05, 0) is 51.0 Å². The molecule has 2 saturated heterocycles. The van der Waals surface area contributed by atoms with Crippen LogP contribution in [0.3, 0.4) is 0 Å². The summed E-state index contributed by atoms with van der Waals surface area (Å²) in [6.45, 7) is 6.35. The topological polar surface area (TPSA) is 19.4 Å². The minimum atomic E-state index is 0.571. The van der Waals surface area contributed by atoms with Crippen molar-refractivity contribution in [3.8, 4) is 0 Å². The predicted octanol–water partition coefficient (Wildman–Crippen LogP) is 2.98. The van der Waals surface area contributed by atoms with Crippen molar-refractivity contribution in [2.45, 2.75) is 50.6 Å². The van der Waals surface area contributed by atoms with E-state index in [2.05, 4.69) is 20.2 Å². The van der Waals surface area contributed by atoms with E-state index >= 15 is 0 Å². The molecule has 3 fully saturated rings. The molecular weight excluding hydrogens is 266 g/mol. The molecule has 110 valence electrons. The number of piperidine rings is 1. The van der Waals surface area contributed by atoms with Gasteiger partial charge in [-0.25, -0.2) is 4.98 Å². The van der Waals surface area contributed by atoms with Crippen molar-refractivity contribution < 1.29 is 0 Å². The number of rotatable bonds is 4. The monoisotopic (exact) mass is 291 g/mol. The van der Waals surface area contributed by atoms with Crippen LogP contribution in [-0.2, 0) is 6.54 Å². The summed E-state index contributed by atoms with van der Waals surface area (Å²) in [6, 6.07) is 0. The van der Waals surface area contributed by atoms with Crippen molar-refractivity contribution in [1.82, 2.24) is 14.8 Å². The van der Waals surface area contributed by atoms with Crippen molar-refractivity contribution in [3.05, 3.63) is 16.6 Å². The number of thiazole rings is 1. The fraction of sp³-hybridized carbons (Fsp3) is 0.812. The third kappa shape index (κ3) is 2.66. The number of hydrogen-bond acceptors (Lipinski definition) is 4. The predicted molar refractivity (Wildman–Crippen MR) is 82.9 cm³/mol. The van der Waals surface area contributed by atoms with Crippen molar-refractivity contribution in [2.24, 2.45) is 5.92 Å². The number of nitrogens with zero attached hydrogens (tertiary/aromatic N) is 3. The maximum Gasteiger partial charge on any atom is 0.107 e. The van der Waals surface area contributed by atoms with E-state index in [0.717, 1.165) is 12.5 Å². The molecule has 4 rings (SSSR count). The van der Waals surface area contributed by atoms with Gasteiger partial charge < -0.3 is 0 Å². The highest BCUT2D eigenvalue weighted by Crippen LogP contribution is 2.41. The summed E-state index contributed by atoms with van der Waals surface area (Å²) in [4.78, 5) is 9.90. The van der Waals surface area contributed by atoms with Gasteiger partial charge in [-0.2, -0.15) is 0 Å². The molecule has 0 atom stereocenters. The molecular formula is C16H25N3S. The van der Waals surface area contributed by atoms with Gasteiger partial charge in [0.1, 0.15) is 5.01 Å². The zero-order valence-electron chi connectivity index (χ0n) is 12.3. The van der Waals surface area contributed by atoms with E-state index in [-0.39, 0.29) is 0 Å². The van der Waals surface area contributed by atoms with Gasteiger partial charge in [0, 0.05) is 36.8 Å². The van der Waals surface area contributed by atoms with Gasteiger partial charge >= 0.3 is 0 Å². The molecule has 1 aromatic heterocycles. The van der Waals surface area contributed by atoms with E-state index in [0.29, 0.717) is 5.54 Å². The van der Waals surface area contributed by atoms with Crippen LogP contribution in [0.4, 0.5) is 0 Å². The lowest BCUT2D eigenvalue weighted by molar-refractivity contribution is 0.0471. The Morgan fingerprint density at radius 1 is 1.20 bits per heavy atom. The molecule has 3 heterocycles. The zero-order valence-corrected chi connectivity index (χ0v) is 13.1. The fourth-order valence-corrected chi connectivity index (χ4v) is 4.76. The van der Waals surface area contributed by atoms with Gasteiger partial charge in [0.15, 0.2) is 0 Å². The van der Waals surface area contributed by atoms with Crippen LogP contribution in [0.2, 0.25) is 0 Å². The van der Waals surface area contributed by atoms with Gasteiger partial charge in [0.25, 0.3) is 0 Å². The standard InChI is InChI=1S/C16H25N3S/c1-4-16(19(8-1)12-14-2-3-14)5-9-18(10-6-16)13-15-17-7-11-20-15/h7,11,14H,1-6,8-10,12-13H2. The zero-order chi connectivity index (χ0) is 13.4. The van der Waals surface area contributed by atoms with Gasteiger partial charge in [-0.15, -0.1) is 11.3 Å². The summed E-state index contributed by atoms with van der Waals surface area (Å²) in [7, 11) is 0. The quantitative estimate of drug-likeness (QED) is 0.850. The van der Waals surface area contributed by atoms with E-state index < -0.39 is 0 Å². The molecule has 0 amide bonds. The first-order valence-electron chi connectivity index (χ1n) is 8.20. The normalized spacial score (nSPS) is 27.4. The van der Waals surface area contributed by atoms with E-state index in [1.807, 2.05) is 6.20 Å². The van der Waals surface area contributed by atoms with Gasteiger partial charge in [0.2, 0.25) is 0 Å². The average molecular weight is 291 g/mol. The maximum atomic E-state index is 4.43. The molecule has 0 unspecified atom stereocenters. The summed E-state index contributed by atoms with van der Waals surface area (Å²) >= 11 is 1.79. The van der Waals surface area contributed by atoms with Gasteiger partial charge in [-0.1, -0.05) is 0 Å². The Labute approximate surface area is 126 Å². The fourth-order valence-electron chi connectivity index (χ4n) is 4.11. The first-order chi connectivity index (χ1) is 9.84. The molecule has 3 nitrogen and oxygen atoms in total. The first kappa shape index (κ1) is 13.2. The van der Waals surface area contributed by atoms with Crippen LogP contribution in [-0.4, -0.2) is 46.5 Å². The van der Waals surface area contributed by atoms with Crippen molar-refractivity contribution in [3.63, 3.8) is 0 Å². The Morgan fingerprint density at radius 3 is 2.75 bits per heavy atom. The molecule has 20 heavy (non-hydrogen) atoms. The summed E-state index contributed by atoms with van der Waals surface area (Å²) in [5.41, 5.74) is 0.571. The molecule has 1 aromatic rings. The second kappa shape index (κ2) is 5.39. The highest BCUT2D eigenvalue weighted by atomic mass is 32.1. The van der Waals surface area contributed by atoms with Gasteiger partial charge in [-0.3, -0.25) is 9.80 Å². The maximum absolute atomic E-state index is 4.43. The third-order valence-corrected chi connectivity index (χ3v) is 6.31. The lowest BCUT2D eigenvalue weighted by Crippen LogP contribution is -2.52. The van der Waals surface area contributed by atoms with Crippen LogP contribution in [0.25, 0.3) is 0 Å². The minimum Gasteiger partial charge on any atom is -0.297 e. The van der Waals surface area contributed by atoms with Crippen LogP contribution < -0.4 is 0 Å². The average Bonchev–Trinajstić information content (AvgIpc) is 2.98. The SMILES string of the molecule is c1csc(CN2CCC3(CCCN3CC3CC3)CC2)n1. The van der Waals surface area contributed by atoms with E-state index in [4.69, 9.17) is 0 Å². The van der Waals surface area contributed by atoms with Crippen molar-refractivity contribution in [2.75, 3.05) is 26.2 Å². The highest BCUT2D eigenvalue weighted by Gasteiger charge is 2.44. The Morgan fingerprint density at radius 2 is 2.05 bits per heavy atom. The molecule has 1 aliphatic carbocycles. The lowest BCUT2D eigenvalue weighted by Gasteiger charge is -2.45. The number of likely N-dealkylation sites (tertiary alicyclic amines) is 2.